The highest BCUT2D eigenvalue weighted by Gasteiger charge is 2.12. The van der Waals surface area contributed by atoms with Gasteiger partial charge in [-0.1, -0.05) is 18.3 Å². The molecule has 0 aliphatic rings. The van der Waals surface area contributed by atoms with Crippen LogP contribution in [0.5, 0.6) is 5.75 Å². The van der Waals surface area contributed by atoms with Crippen LogP contribution < -0.4 is 15.8 Å². The molecule has 0 radical (unpaired) electrons. The van der Waals surface area contributed by atoms with Gasteiger partial charge in [0, 0.05) is 18.4 Å². The fraction of sp³-hybridized carbons (Fsp3) is 0.385. The second-order valence-electron chi connectivity index (χ2n) is 4.19. The smallest absolute Gasteiger partial charge is 0.252 e. The van der Waals surface area contributed by atoms with Gasteiger partial charge in [-0.2, -0.15) is 0 Å². The fourth-order valence-electron chi connectivity index (χ4n) is 1.69. The lowest BCUT2D eigenvalue weighted by Gasteiger charge is -2.02. The summed E-state index contributed by atoms with van der Waals surface area (Å²) >= 11 is 1.35. The first-order valence-corrected chi connectivity index (χ1v) is 7.07. The van der Waals surface area contributed by atoms with Crippen molar-refractivity contribution in [3.8, 4) is 5.75 Å². The van der Waals surface area contributed by atoms with Crippen LogP contribution >= 0.6 is 11.3 Å². The molecular weight excluding hydrogens is 278 g/mol. The molecule has 7 heteroatoms. The molecule has 0 unspecified atom stereocenters. The molecule has 0 aliphatic heterocycles. The number of methoxy groups -OCH3 is 1. The maximum atomic E-state index is 11.7. The van der Waals surface area contributed by atoms with Crippen molar-refractivity contribution in [2.45, 2.75) is 13.3 Å². The molecule has 108 valence electrons. The van der Waals surface area contributed by atoms with Crippen molar-refractivity contribution < 1.29 is 14.3 Å². The number of thiazole rings is 1. The molecule has 3 N–H and O–H groups in total. The van der Waals surface area contributed by atoms with Gasteiger partial charge in [0.05, 0.1) is 11.8 Å². The molecule has 1 amide bonds. The Morgan fingerprint density at radius 1 is 1.50 bits per heavy atom. The summed E-state index contributed by atoms with van der Waals surface area (Å²) in [4.78, 5) is 16.0. The molecule has 1 aromatic heterocycles. The van der Waals surface area contributed by atoms with Crippen LogP contribution in [-0.4, -0.2) is 31.2 Å². The molecule has 0 atom stereocenters. The molecule has 0 bridgehead atoms. The van der Waals surface area contributed by atoms with Gasteiger partial charge in [0.2, 0.25) is 0 Å². The lowest BCUT2D eigenvalue weighted by atomic mass is 10.3. The number of hydrogen-bond acceptors (Lipinski definition) is 6. The number of carbonyl (C=O) groups is 1. The number of benzene rings is 1. The number of rotatable bonds is 6. The van der Waals surface area contributed by atoms with Crippen LogP contribution in [-0.2, 0) is 9.53 Å². The highest BCUT2D eigenvalue weighted by Crippen LogP contribution is 2.34. The molecule has 1 heterocycles. The Morgan fingerprint density at radius 3 is 3.00 bits per heavy atom. The predicted molar refractivity (Wildman–Crippen MR) is 80.3 cm³/mol. The molecule has 0 saturated carbocycles. The topological polar surface area (TPSA) is 86.5 Å². The number of nitrogens with one attached hydrogen (secondary N) is 1. The van der Waals surface area contributed by atoms with E-state index in [9.17, 15) is 4.79 Å². The van der Waals surface area contributed by atoms with Crippen molar-refractivity contribution in [1.82, 2.24) is 4.98 Å². The van der Waals surface area contributed by atoms with E-state index in [1.165, 1.54) is 11.3 Å². The van der Waals surface area contributed by atoms with Crippen molar-refractivity contribution in [2.75, 3.05) is 31.4 Å². The summed E-state index contributed by atoms with van der Waals surface area (Å²) in [6.45, 7) is 2.59. The Balaban J connectivity index is 2.13. The number of aromatic nitrogens is 1. The summed E-state index contributed by atoms with van der Waals surface area (Å²) in [5.41, 5.74) is 7.07. The SMILES string of the molecule is CCCOCC(=O)Nc1nc2c(OC)cc(N)cc2s1. The van der Waals surface area contributed by atoms with Gasteiger partial charge < -0.3 is 15.2 Å². The van der Waals surface area contributed by atoms with Gasteiger partial charge in [0.15, 0.2) is 5.13 Å². The van der Waals surface area contributed by atoms with E-state index in [2.05, 4.69) is 10.3 Å². The number of amides is 1. The van der Waals surface area contributed by atoms with Gasteiger partial charge in [-0.15, -0.1) is 0 Å². The minimum absolute atomic E-state index is 0.0308. The van der Waals surface area contributed by atoms with Gasteiger partial charge in [0.25, 0.3) is 5.91 Å². The van der Waals surface area contributed by atoms with E-state index >= 15 is 0 Å². The molecule has 1 aromatic carbocycles. The zero-order chi connectivity index (χ0) is 14.5. The highest BCUT2D eigenvalue weighted by molar-refractivity contribution is 7.22. The predicted octanol–water partition coefficient (Wildman–Crippen LogP) is 2.25. The van der Waals surface area contributed by atoms with Crippen LogP contribution in [0.1, 0.15) is 13.3 Å². The third-order valence-corrected chi connectivity index (χ3v) is 3.45. The first-order chi connectivity index (χ1) is 9.63. The van der Waals surface area contributed by atoms with Crippen molar-refractivity contribution in [3.05, 3.63) is 12.1 Å². The normalized spacial score (nSPS) is 10.7. The third-order valence-electron chi connectivity index (χ3n) is 2.53. The molecule has 6 nitrogen and oxygen atoms in total. The van der Waals surface area contributed by atoms with Gasteiger partial charge in [0.1, 0.15) is 17.9 Å². The standard InChI is InChI=1S/C13H17N3O3S/c1-3-4-19-7-11(17)15-13-16-12-9(18-2)5-8(14)6-10(12)20-13/h5-6H,3-4,7,14H2,1-2H3,(H,15,16,17). The van der Waals surface area contributed by atoms with E-state index in [4.69, 9.17) is 15.2 Å². The number of nitrogens with zero attached hydrogens (tertiary/aromatic N) is 1. The number of carbonyl (C=O) groups excluding carboxylic acids is 1. The fourth-order valence-corrected chi connectivity index (χ4v) is 2.64. The number of anilines is 2. The monoisotopic (exact) mass is 295 g/mol. The van der Waals surface area contributed by atoms with Crippen molar-refractivity contribution in [3.63, 3.8) is 0 Å². The average molecular weight is 295 g/mol. The van der Waals surface area contributed by atoms with E-state index in [1.54, 1.807) is 19.2 Å². The Labute approximate surface area is 120 Å². The quantitative estimate of drug-likeness (QED) is 0.630. The number of nitrogens with two attached hydrogens (primary N) is 1. The maximum Gasteiger partial charge on any atom is 0.252 e. The number of hydrogen-bond donors (Lipinski definition) is 2. The molecule has 0 aliphatic carbocycles. The van der Waals surface area contributed by atoms with Crippen LogP contribution in [0.4, 0.5) is 10.8 Å². The lowest BCUT2D eigenvalue weighted by molar-refractivity contribution is -0.120. The molecule has 0 fully saturated rings. The largest absolute Gasteiger partial charge is 0.494 e. The van der Waals surface area contributed by atoms with Crippen LogP contribution in [0, 0.1) is 0 Å². The Kier molecular flexibility index (Phi) is 4.75. The van der Waals surface area contributed by atoms with E-state index in [-0.39, 0.29) is 12.5 Å². The van der Waals surface area contributed by atoms with E-state index in [0.717, 1.165) is 11.1 Å². The minimum Gasteiger partial charge on any atom is -0.494 e. The van der Waals surface area contributed by atoms with Crippen molar-refractivity contribution >= 4 is 38.3 Å². The number of fused-ring (bicyclic) bond motifs is 1. The molecule has 20 heavy (non-hydrogen) atoms. The first-order valence-electron chi connectivity index (χ1n) is 6.25. The molecular formula is C13H17N3O3S. The van der Waals surface area contributed by atoms with Crippen LogP contribution in [0.15, 0.2) is 12.1 Å². The Morgan fingerprint density at radius 2 is 2.30 bits per heavy atom. The molecule has 2 aromatic rings. The van der Waals surface area contributed by atoms with E-state index < -0.39 is 0 Å². The van der Waals surface area contributed by atoms with Crippen molar-refractivity contribution in [2.24, 2.45) is 0 Å². The highest BCUT2D eigenvalue weighted by atomic mass is 32.1. The molecule has 0 saturated heterocycles. The number of nitrogen functional groups attached to an aromatic ring is 1. The summed E-state index contributed by atoms with van der Waals surface area (Å²) in [6, 6.07) is 3.51. The maximum absolute atomic E-state index is 11.7. The van der Waals surface area contributed by atoms with Gasteiger partial charge in [-0.05, 0) is 12.5 Å². The van der Waals surface area contributed by atoms with Crippen LogP contribution in [0.2, 0.25) is 0 Å². The summed E-state index contributed by atoms with van der Waals surface area (Å²) in [5, 5.41) is 3.22. The second-order valence-corrected chi connectivity index (χ2v) is 5.22. The second kappa shape index (κ2) is 6.53. The zero-order valence-corrected chi connectivity index (χ0v) is 12.3. The summed E-state index contributed by atoms with van der Waals surface area (Å²) in [5.74, 6) is 0.378. The Hall–Kier alpha value is -1.86. The summed E-state index contributed by atoms with van der Waals surface area (Å²) in [7, 11) is 1.56. The summed E-state index contributed by atoms with van der Waals surface area (Å²) in [6.07, 6.45) is 0.880. The number of ether oxygens (including phenoxy) is 2. The van der Waals surface area contributed by atoms with E-state index in [0.29, 0.717) is 28.7 Å². The van der Waals surface area contributed by atoms with E-state index in [1.807, 2.05) is 6.92 Å². The van der Waals surface area contributed by atoms with Gasteiger partial charge in [-0.25, -0.2) is 4.98 Å². The van der Waals surface area contributed by atoms with Gasteiger partial charge in [-0.3, -0.25) is 10.1 Å². The third kappa shape index (κ3) is 3.37. The zero-order valence-electron chi connectivity index (χ0n) is 11.4. The minimum atomic E-state index is -0.218. The summed E-state index contributed by atoms with van der Waals surface area (Å²) < 4.78 is 11.3. The Bertz CT molecular complexity index is 612. The average Bonchev–Trinajstić information content (AvgIpc) is 2.80. The van der Waals surface area contributed by atoms with Crippen LogP contribution in [0.3, 0.4) is 0 Å². The van der Waals surface area contributed by atoms with Gasteiger partial charge >= 0.3 is 0 Å². The van der Waals surface area contributed by atoms with Crippen molar-refractivity contribution in [1.29, 1.82) is 0 Å². The first kappa shape index (κ1) is 14.5. The van der Waals surface area contributed by atoms with Crippen LogP contribution in [0.25, 0.3) is 10.2 Å². The molecule has 2 rings (SSSR count). The molecule has 0 spiro atoms. The lowest BCUT2D eigenvalue weighted by Crippen LogP contribution is -2.18.